The Morgan fingerprint density at radius 2 is 0.629 bits per heavy atom. The molecule has 438 valence electrons. The average Bonchev–Trinajstić information content (AvgIpc) is 1.64. The van der Waals surface area contributed by atoms with Gasteiger partial charge in [-0.3, -0.25) is 15.0 Å². The Hall–Kier alpha value is -9.78. The van der Waals surface area contributed by atoms with Crippen LogP contribution in [0.15, 0.2) is 225 Å². The van der Waals surface area contributed by atoms with Gasteiger partial charge in [-0.25, -0.2) is 13.7 Å². The molecule has 12 aromatic rings. The van der Waals surface area contributed by atoms with Crippen molar-refractivity contribution in [3.8, 4) is 101 Å². The summed E-state index contributed by atoms with van der Waals surface area (Å²) in [6, 6.07) is 68.4. The minimum Gasteiger partial charge on any atom is -0.260 e. The zero-order valence-corrected chi connectivity index (χ0v) is 54.0. The van der Waals surface area contributed by atoms with Crippen molar-refractivity contribution in [1.82, 2.24) is 15.0 Å². The summed E-state index contributed by atoms with van der Waals surface area (Å²) in [5.74, 6) is 0. The van der Waals surface area contributed by atoms with Gasteiger partial charge in [0.2, 0.25) is 17.1 Å². The van der Waals surface area contributed by atoms with Crippen LogP contribution in [0.2, 0.25) is 0 Å². The molecule has 0 atom stereocenters. The van der Waals surface area contributed by atoms with E-state index in [4.69, 9.17) is 15.0 Å². The van der Waals surface area contributed by atoms with Crippen molar-refractivity contribution < 1.29 is 13.7 Å². The van der Waals surface area contributed by atoms with E-state index >= 15 is 0 Å². The number of pyridine rings is 6. The molecule has 0 bridgehead atoms. The summed E-state index contributed by atoms with van der Waals surface area (Å²) in [4.78, 5) is 14.2. The second-order valence-electron chi connectivity index (χ2n) is 26.5. The highest BCUT2D eigenvalue weighted by Gasteiger charge is 2.41. The molecule has 0 unspecified atom stereocenters. The van der Waals surface area contributed by atoms with Crippen LogP contribution < -0.4 is 13.7 Å². The molecule has 0 saturated heterocycles. The molecular formula is C83H79N6+3. The topological polar surface area (TPSA) is 50.3 Å². The molecule has 3 aliphatic rings. The van der Waals surface area contributed by atoms with Crippen molar-refractivity contribution in [2.45, 2.75) is 92.4 Å². The molecule has 6 heteroatoms. The second-order valence-corrected chi connectivity index (χ2v) is 26.5. The minimum absolute atomic E-state index is 0.0864. The van der Waals surface area contributed by atoms with Crippen molar-refractivity contribution in [2.75, 3.05) is 0 Å². The maximum atomic E-state index is 4.73. The van der Waals surface area contributed by atoms with Crippen LogP contribution in [0, 0.1) is 34.6 Å². The summed E-state index contributed by atoms with van der Waals surface area (Å²) in [6.45, 7) is 24.6. The quantitative estimate of drug-likeness (QED) is 0.156. The predicted octanol–water partition coefficient (Wildman–Crippen LogP) is 18.2. The number of hydrogen-bond acceptors (Lipinski definition) is 3. The third kappa shape index (κ3) is 10.3. The van der Waals surface area contributed by atoms with E-state index in [9.17, 15) is 0 Å². The molecular weight excluding hydrogens is 1080 g/mol. The van der Waals surface area contributed by atoms with Gasteiger partial charge < -0.3 is 0 Å². The van der Waals surface area contributed by atoms with Gasteiger partial charge in [-0.1, -0.05) is 168 Å². The van der Waals surface area contributed by atoms with Gasteiger partial charge >= 0.3 is 0 Å². The monoisotopic (exact) mass is 1160 g/mol. The van der Waals surface area contributed by atoms with Gasteiger partial charge in [-0.15, -0.1) is 0 Å². The molecule has 0 amide bonds. The fraction of sp³-hybridized carbons (Fsp3) is 0.205. The van der Waals surface area contributed by atoms with E-state index in [1.54, 1.807) is 0 Å². The van der Waals surface area contributed by atoms with E-state index in [1.165, 1.54) is 162 Å². The Morgan fingerprint density at radius 1 is 0.281 bits per heavy atom. The fourth-order valence-corrected chi connectivity index (χ4v) is 14.2. The van der Waals surface area contributed by atoms with Crippen molar-refractivity contribution in [3.63, 3.8) is 0 Å². The molecule has 6 heterocycles. The first-order chi connectivity index (χ1) is 42.7. The molecule has 6 aromatic carbocycles. The molecule has 15 rings (SSSR count). The molecule has 0 fully saturated rings. The summed E-state index contributed by atoms with van der Waals surface area (Å²) in [5, 5.41) is 0. The summed E-state index contributed by atoms with van der Waals surface area (Å²) in [7, 11) is 6.40. The highest BCUT2D eigenvalue weighted by atomic mass is 14.9. The summed E-state index contributed by atoms with van der Waals surface area (Å²) >= 11 is 0. The normalized spacial score (nSPS) is 13.8. The Kier molecular flexibility index (Phi) is 14.7. The van der Waals surface area contributed by atoms with Crippen LogP contribution in [0.5, 0.6) is 0 Å². The third-order valence-corrected chi connectivity index (χ3v) is 19.3. The first kappa shape index (κ1) is 58.2. The molecule has 0 radical (unpaired) electrons. The molecule has 0 spiro atoms. The zero-order valence-electron chi connectivity index (χ0n) is 54.0. The second kappa shape index (κ2) is 22.4. The van der Waals surface area contributed by atoms with Gasteiger partial charge in [0.1, 0.15) is 21.1 Å². The number of aryl methyl sites for hydroxylation is 8. The summed E-state index contributed by atoms with van der Waals surface area (Å²) in [5.41, 5.74) is 36.5. The number of fused-ring (bicyclic) bond motifs is 9. The van der Waals surface area contributed by atoms with Crippen molar-refractivity contribution in [3.05, 3.63) is 287 Å². The largest absolute Gasteiger partial charge is 0.260 e. The molecule has 3 aliphatic carbocycles. The highest BCUT2D eigenvalue weighted by molar-refractivity contribution is 5.86. The smallest absolute Gasteiger partial charge is 0.213 e. The lowest BCUT2D eigenvalue weighted by Crippen LogP contribution is -2.31. The molecule has 0 aliphatic heterocycles. The Balaban J connectivity index is 0.000000123. The average molecular weight is 1160 g/mol. The van der Waals surface area contributed by atoms with E-state index < -0.39 is 0 Å². The van der Waals surface area contributed by atoms with Gasteiger partial charge in [0.05, 0.1) is 17.1 Å². The highest BCUT2D eigenvalue weighted by Crippen LogP contribution is 2.52. The van der Waals surface area contributed by atoms with Gasteiger partial charge in [-0.2, -0.15) is 0 Å². The third-order valence-electron chi connectivity index (χ3n) is 19.3. The van der Waals surface area contributed by atoms with Crippen molar-refractivity contribution in [1.29, 1.82) is 0 Å². The lowest BCUT2D eigenvalue weighted by Gasteiger charge is -2.21. The van der Waals surface area contributed by atoms with Gasteiger partial charge in [0.25, 0.3) is 0 Å². The fourth-order valence-electron chi connectivity index (χ4n) is 14.2. The standard InChI is InChI=1S/2C28H27N2.C27H25N2/c1-18-8-10-20(11-9-18)21-12-13-26(30(5)17-21)23-16-25-24(15-19(23)2)22-7-6-14-29-27(22)28(25,3)4;1-18-8-10-20(11-9-18)21-12-14-30(5)26(16-21)23-17-25-24(15-19(23)2)22-7-6-13-29-27(22)28(25,3)4;1-18-15-23-21-11-8-14-28-26(21)27(2,3)24(23)16-22(18)25-13-12-20(17-29(25)4)19-9-6-5-7-10-19/h2*6-17H,1-5H3;5-17H,1-4H3/q3*+1. The van der Waals surface area contributed by atoms with E-state index in [0.29, 0.717) is 0 Å². The molecule has 89 heavy (non-hydrogen) atoms. The van der Waals surface area contributed by atoms with Crippen LogP contribution in [0.25, 0.3) is 101 Å². The van der Waals surface area contributed by atoms with E-state index in [2.05, 4.69) is 299 Å². The summed E-state index contributed by atoms with van der Waals surface area (Å²) in [6.07, 6.45) is 12.3. The van der Waals surface area contributed by atoms with Gasteiger partial charge in [0.15, 0.2) is 18.6 Å². The first-order valence-electron chi connectivity index (χ1n) is 31.2. The lowest BCUT2D eigenvalue weighted by atomic mass is 9.83. The zero-order chi connectivity index (χ0) is 62.3. The van der Waals surface area contributed by atoms with Crippen LogP contribution in [0.4, 0.5) is 0 Å². The molecule has 6 nitrogen and oxygen atoms in total. The molecule has 0 N–H and O–H groups in total. The lowest BCUT2D eigenvalue weighted by molar-refractivity contribution is -0.660. The molecule has 6 aromatic heterocycles. The van der Waals surface area contributed by atoms with Gasteiger partial charge in [0, 0.05) is 104 Å². The first-order valence-corrected chi connectivity index (χ1v) is 31.2. The van der Waals surface area contributed by atoms with Crippen molar-refractivity contribution in [2.24, 2.45) is 21.1 Å². The maximum absolute atomic E-state index is 4.73. The Bertz CT molecular complexity index is 4760. The SMILES string of the molecule is Cc1cc2c(cc1-c1ccc(-c3ccccc3)c[n+]1C)C(C)(C)c1ncccc1-2.Cc1ccc(-c2cc[n+](C)c(-c3cc4c(cc3C)-c3cccnc3C4(C)C)c2)cc1.Cc1ccc(-c2ccc(-c3cc4c(cc3C)-c3cccnc3C4(C)C)[n+](C)c2)cc1. The van der Waals surface area contributed by atoms with Crippen molar-refractivity contribution >= 4 is 0 Å². The number of rotatable bonds is 6. The van der Waals surface area contributed by atoms with Crippen LogP contribution in [-0.4, -0.2) is 15.0 Å². The predicted molar refractivity (Wildman–Crippen MR) is 365 cm³/mol. The number of nitrogens with zero attached hydrogens (tertiary/aromatic N) is 6. The molecule has 0 saturated carbocycles. The number of benzene rings is 6. The number of aromatic nitrogens is 6. The Morgan fingerprint density at radius 3 is 1.01 bits per heavy atom. The number of hydrogen-bond donors (Lipinski definition) is 0. The van der Waals surface area contributed by atoms with E-state index in [0.717, 1.165) is 0 Å². The van der Waals surface area contributed by atoms with Crippen LogP contribution in [0.3, 0.4) is 0 Å². The van der Waals surface area contributed by atoms with E-state index in [-0.39, 0.29) is 16.2 Å². The van der Waals surface area contributed by atoms with Gasteiger partial charge in [-0.05, 0) is 155 Å². The maximum Gasteiger partial charge on any atom is 0.213 e. The van der Waals surface area contributed by atoms with Crippen LogP contribution >= 0.6 is 0 Å². The van der Waals surface area contributed by atoms with Crippen LogP contribution in [0.1, 0.15) is 103 Å². The van der Waals surface area contributed by atoms with Crippen LogP contribution in [-0.2, 0) is 37.4 Å². The summed E-state index contributed by atoms with van der Waals surface area (Å²) < 4.78 is 6.71. The Labute approximate surface area is 526 Å². The minimum atomic E-state index is -0.0957. The van der Waals surface area contributed by atoms with E-state index in [1.807, 2.05) is 36.8 Å².